The van der Waals surface area contributed by atoms with Gasteiger partial charge < -0.3 is 0 Å². The Morgan fingerprint density at radius 3 is 2.16 bits per heavy atom. The quantitative estimate of drug-likeness (QED) is 0.461. The van der Waals surface area contributed by atoms with Crippen molar-refractivity contribution in [2.45, 2.75) is 0 Å². The highest BCUT2D eigenvalue weighted by atomic mass is 16.6. The van der Waals surface area contributed by atoms with E-state index in [2.05, 4.69) is 0 Å². The van der Waals surface area contributed by atoms with Crippen molar-refractivity contribution in [1.29, 1.82) is 0 Å². The molecule has 3 nitrogen and oxygen atoms in total. The molecule has 2 aromatic carbocycles. The van der Waals surface area contributed by atoms with E-state index in [4.69, 9.17) is 0 Å². The van der Waals surface area contributed by atoms with E-state index in [1.165, 1.54) is 6.07 Å². The van der Waals surface area contributed by atoms with Crippen LogP contribution >= 0.6 is 0 Å². The minimum absolute atomic E-state index is 0.106. The van der Waals surface area contributed by atoms with Crippen molar-refractivity contribution in [3.05, 3.63) is 88.0 Å². The molecule has 0 aromatic heterocycles. The number of allylic oxidation sites excluding steroid dienone is 2. The Hall–Kier alpha value is -2.68. The minimum Gasteiger partial charge on any atom is -0.258 e. The molecule has 2 aromatic rings. The van der Waals surface area contributed by atoms with Crippen molar-refractivity contribution in [2.24, 2.45) is 0 Å². The molecule has 19 heavy (non-hydrogen) atoms. The fraction of sp³-hybridized carbons (Fsp3) is 0. The van der Waals surface area contributed by atoms with Crippen LogP contribution in [-0.4, -0.2) is 4.92 Å². The number of rotatable bonds is 4. The van der Waals surface area contributed by atoms with Crippen LogP contribution in [0.2, 0.25) is 0 Å². The summed E-state index contributed by atoms with van der Waals surface area (Å²) in [6.45, 7) is 0. The molecule has 2 rings (SSSR count). The second-order valence-electron chi connectivity index (χ2n) is 3.98. The maximum absolute atomic E-state index is 10.6. The minimum atomic E-state index is -0.392. The van der Waals surface area contributed by atoms with Gasteiger partial charge in [-0.3, -0.25) is 10.1 Å². The van der Waals surface area contributed by atoms with Gasteiger partial charge in [-0.15, -0.1) is 0 Å². The summed E-state index contributed by atoms with van der Waals surface area (Å²) in [7, 11) is 0. The van der Waals surface area contributed by atoms with E-state index >= 15 is 0 Å². The van der Waals surface area contributed by atoms with Crippen molar-refractivity contribution >= 4 is 17.8 Å². The van der Waals surface area contributed by atoms with Crippen LogP contribution < -0.4 is 0 Å². The number of nitro benzene ring substituents is 1. The molecular weight excluding hydrogens is 238 g/mol. The predicted octanol–water partition coefficient (Wildman–Crippen LogP) is 4.32. The fourth-order valence-electron chi connectivity index (χ4n) is 1.64. The molecule has 94 valence electrons. The number of nitro groups is 1. The third-order valence-electron chi connectivity index (χ3n) is 2.57. The van der Waals surface area contributed by atoms with Gasteiger partial charge in [0, 0.05) is 12.1 Å². The molecule has 0 N–H and O–H groups in total. The number of hydrogen-bond donors (Lipinski definition) is 0. The van der Waals surface area contributed by atoms with Gasteiger partial charge in [0.05, 0.1) is 4.92 Å². The number of non-ortho nitro benzene ring substituents is 1. The lowest BCUT2D eigenvalue weighted by Gasteiger charge is -1.93. The summed E-state index contributed by atoms with van der Waals surface area (Å²) in [5, 5.41) is 10.6. The molecule has 0 radical (unpaired) electrons. The van der Waals surface area contributed by atoms with Gasteiger partial charge in [0.25, 0.3) is 5.69 Å². The first-order valence-corrected chi connectivity index (χ1v) is 5.90. The summed E-state index contributed by atoms with van der Waals surface area (Å²) < 4.78 is 0. The smallest absolute Gasteiger partial charge is 0.258 e. The molecule has 3 heteroatoms. The van der Waals surface area contributed by atoms with Crippen LogP contribution in [0.3, 0.4) is 0 Å². The Bertz CT molecular complexity index is 616. The molecule has 0 unspecified atom stereocenters. The van der Waals surface area contributed by atoms with Crippen LogP contribution in [0.15, 0.2) is 66.7 Å². The van der Waals surface area contributed by atoms with Gasteiger partial charge in [0.2, 0.25) is 0 Å². The molecular formula is C16H13NO2. The number of nitrogens with zero attached hydrogens (tertiary/aromatic N) is 1. The van der Waals surface area contributed by atoms with Gasteiger partial charge in [-0.1, -0.05) is 66.8 Å². The number of hydrogen-bond acceptors (Lipinski definition) is 2. The predicted molar refractivity (Wildman–Crippen MR) is 77.6 cm³/mol. The number of benzene rings is 2. The monoisotopic (exact) mass is 251 g/mol. The zero-order valence-corrected chi connectivity index (χ0v) is 10.3. The second-order valence-corrected chi connectivity index (χ2v) is 3.98. The van der Waals surface area contributed by atoms with Crippen molar-refractivity contribution in [3.8, 4) is 0 Å². The zero-order valence-electron chi connectivity index (χ0n) is 10.3. The lowest BCUT2D eigenvalue weighted by Crippen LogP contribution is -1.87. The first-order valence-electron chi connectivity index (χ1n) is 5.90. The van der Waals surface area contributed by atoms with Gasteiger partial charge in [-0.2, -0.15) is 0 Å². The summed E-state index contributed by atoms with van der Waals surface area (Å²) >= 11 is 0. The van der Waals surface area contributed by atoms with E-state index in [1.807, 2.05) is 60.7 Å². The Morgan fingerprint density at radius 2 is 1.47 bits per heavy atom. The molecule has 0 fully saturated rings. The van der Waals surface area contributed by atoms with Gasteiger partial charge in [-0.25, -0.2) is 0 Å². The Balaban J connectivity index is 2.05. The Morgan fingerprint density at radius 1 is 0.842 bits per heavy atom. The summed E-state index contributed by atoms with van der Waals surface area (Å²) in [6, 6.07) is 16.5. The molecule has 0 saturated carbocycles. The summed E-state index contributed by atoms with van der Waals surface area (Å²) in [4.78, 5) is 10.2. The molecule has 0 aliphatic heterocycles. The van der Waals surface area contributed by atoms with Crippen LogP contribution in [0, 0.1) is 10.1 Å². The van der Waals surface area contributed by atoms with Crippen molar-refractivity contribution in [2.75, 3.05) is 0 Å². The molecule has 0 spiro atoms. The third-order valence-corrected chi connectivity index (χ3v) is 2.57. The first-order chi connectivity index (χ1) is 9.25. The van der Waals surface area contributed by atoms with Crippen LogP contribution in [0.5, 0.6) is 0 Å². The highest BCUT2D eigenvalue weighted by Crippen LogP contribution is 2.14. The summed E-state index contributed by atoms with van der Waals surface area (Å²) in [5.41, 5.74) is 2.03. The molecule has 0 aliphatic rings. The maximum atomic E-state index is 10.6. The van der Waals surface area contributed by atoms with Gasteiger partial charge in [0.1, 0.15) is 0 Å². The maximum Gasteiger partial charge on any atom is 0.270 e. The Kier molecular flexibility index (Phi) is 4.24. The average molecular weight is 251 g/mol. The first kappa shape index (κ1) is 12.8. The zero-order chi connectivity index (χ0) is 13.5. The fourth-order valence-corrected chi connectivity index (χ4v) is 1.64. The Labute approximate surface area is 111 Å². The molecule has 0 saturated heterocycles. The summed E-state index contributed by atoms with van der Waals surface area (Å²) in [5.74, 6) is 0. The normalized spacial score (nSPS) is 11.2. The highest BCUT2D eigenvalue weighted by molar-refractivity contribution is 5.58. The van der Waals surface area contributed by atoms with Crippen molar-refractivity contribution in [1.82, 2.24) is 0 Å². The molecule has 0 heterocycles. The van der Waals surface area contributed by atoms with E-state index in [-0.39, 0.29) is 5.69 Å². The van der Waals surface area contributed by atoms with Crippen molar-refractivity contribution < 1.29 is 4.92 Å². The van der Waals surface area contributed by atoms with Gasteiger partial charge in [-0.05, 0) is 11.1 Å². The van der Waals surface area contributed by atoms with Gasteiger partial charge >= 0.3 is 0 Å². The molecule has 0 aliphatic carbocycles. The topological polar surface area (TPSA) is 43.1 Å². The summed E-state index contributed by atoms with van der Waals surface area (Å²) in [6.07, 6.45) is 7.60. The SMILES string of the molecule is O=[N+]([O-])c1cccc(/C=C\C=C\c2ccccc2)c1. The van der Waals surface area contributed by atoms with Gasteiger partial charge in [0.15, 0.2) is 0 Å². The van der Waals surface area contributed by atoms with E-state index in [1.54, 1.807) is 12.1 Å². The highest BCUT2D eigenvalue weighted by Gasteiger charge is 2.02. The van der Waals surface area contributed by atoms with E-state index in [9.17, 15) is 10.1 Å². The standard InChI is InChI=1S/C16H13NO2/c18-17(19)16-12-6-11-15(13-16)10-5-4-9-14-7-2-1-3-8-14/h1-13H/b9-4+,10-5-. The second kappa shape index (κ2) is 6.31. The van der Waals surface area contributed by atoms with Crippen LogP contribution in [0.1, 0.15) is 11.1 Å². The molecule has 0 bridgehead atoms. The molecule has 0 atom stereocenters. The lowest BCUT2D eigenvalue weighted by molar-refractivity contribution is -0.384. The van der Waals surface area contributed by atoms with Crippen LogP contribution in [0.4, 0.5) is 5.69 Å². The van der Waals surface area contributed by atoms with Crippen LogP contribution in [0.25, 0.3) is 12.2 Å². The van der Waals surface area contributed by atoms with E-state index in [0.717, 1.165) is 11.1 Å². The third kappa shape index (κ3) is 3.92. The largest absolute Gasteiger partial charge is 0.270 e. The van der Waals surface area contributed by atoms with Crippen molar-refractivity contribution in [3.63, 3.8) is 0 Å². The van der Waals surface area contributed by atoms with E-state index < -0.39 is 4.92 Å². The average Bonchev–Trinajstić information content (AvgIpc) is 2.45. The molecule has 0 amide bonds. The van der Waals surface area contributed by atoms with Crippen LogP contribution in [-0.2, 0) is 0 Å². The lowest BCUT2D eigenvalue weighted by atomic mass is 10.1. The van der Waals surface area contributed by atoms with E-state index in [0.29, 0.717) is 0 Å².